The molecule has 2 aromatic carbocycles. The van der Waals surface area contributed by atoms with Crippen LogP contribution in [-0.4, -0.2) is 42.5 Å². The highest BCUT2D eigenvalue weighted by Gasteiger charge is 2.31. The Bertz CT molecular complexity index is 1170. The van der Waals surface area contributed by atoms with Gasteiger partial charge < -0.3 is 5.32 Å². The summed E-state index contributed by atoms with van der Waals surface area (Å²) in [6.45, 7) is 0. The number of sulfonamides is 1. The molecule has 11 heteroatoms. The number of anilines is 1. The molecule has 0 saturated heterocycles. The van der Waals surface area contributed by atoms with Gasteiger partial charge in [-0.15, -0.1) is 0 Å². The van der Waals surface area contributed by atoms with Crippen LogP contribution in [0.5, 0.6) is 0 Å². The number of hydrogen-bond donors (Lipinski definition) is 1. The Labute approximate surface area is 170 Å². The average molecular weight is 438 g/mol. The maximum atomic E-state index is 13.2. The van der Waals surface area contributed by atoms with Crippen LogP contribution in [0.25, 0.3) is 5.69 Å². The van der Waals surface area contributed by atoms with Crippen molar-refractivity contribution in [2.45, 2.75) is 11.1 Å². The molecule has 0 aliphatic carbocycles. The Morgan fingerprint density at radius 1 is 1.10 bits per heavy atom. The lowest BCUT2D eigenvalue weighted by Gasteiger charge is -2.15. The summed E-state index contributed by atoms with van der Waals surface area (Å²) in [6.07, 6.45) is -1.65. The summed E-state index contributed by atoms with van der Waals surface area (Å²) < 4.78 is 66.3. The van der Waals surface area contributed by atoms with E-state index in [1.54, 1.807) is 6.07 Å². The molecule has 30 heavy (non-hydrogen) atoms. The lowest BCUT2D eigenvalue weighted by atomic mass is 10.1. The Kier molecular flexibility index (Phi) is 5.68. The van der Waals surface area contributed by atoms with Crippen LogP contribution in [0.2, 0.25) is 0 Å². The Morgan fingerprint density at radius 2 is 1.83 bits per heavy atom. The van der Waals surface area contributed by atoms with Crippen LogP contribution in [0.1, 0.15) is 15.9 Å². The molecule has 158 valence electrons. The zero-order valence-corrected chi connectivity index (χ0v) is 16.7. The largest absolute Gasteiger partial charge is 0.416 e. The third-order valence-electron chi connectivity index (χ3n) is 4.20. The number of rotatable bonds is 5. The zero-order chi connectivity index (χ0) is 22.1. The summed E-state index contributed by atoms with van der Waals surface area (Å²) in [5, 5.41) is 6.41. The minimum Gasteiger partial charge on any atom is -0.320 e. The Balaban J connectivity index is 2.01. The third-order valence-corrected chi connectivity index (χ3v) is 6.01. The quantitative estimate of drug-likeness (QED) is 0.662. The molecule has 0 radical (unpaired) electrons. The molecule has 0 unspecified atom stereocenters. The van der Waals surface area contributed by atoms with E-state index < -0.39 is 27.7 Å². The fraction of sp³-hybridized carbons (Fsp3) is 0.158. The second-order valence-electron chi connectivity index (χ2n) is 6.45. The fourth-order valence-corrected chi connectivity index (χ4v) is 3.57. The molecule has 7 nitrogen and oxygen atoms in total. The minimum atomic E-state index is -4.61. The fourth-order valence-electron chi connectivity index (χ4n) is 2.63. The van der Waals surface area contributed by atoms with Gasteiger partial charge in [0.25, 0.3) is 5.91 Å². The first-order valence-corrected chi connectivity index (χ1v) is 9.99. The zero-order valence-electron chi connectivity index (χ0n) is 15.9. The maximum Gasteiger partial charge on any atom is 0.416 e. The van der Waals surface area contributed by atoms with Gasteiger partial charge in [0.05, 0.1) is 21.8 Å². The molecule has 0 saturated carbocycles. The lowest BCUT2D eigenvalue weighted by molar-refractivity contribution is -0.137. The number of carbonyl (C=O) groups excluding carboxylic acids is 1. The first-order valence-electron chi connectivity index (χ1n) is 8.55. The summed E-state index contributed by atoms with van der Waals surface area (Å²) >= 11 is 0. The van der Waals surface area contributed by atoms with Crippen molar-refractivity contribution >= 4 is 21.6 Å². The van der Waals surface area contributed by atoms with Crippen LogP contribution in [-0.2, 0) is 16.2 Å². The molecular weight excluding hydrogens is 421 g/mol. The molecule has 0 fully saturated rings. The van der Waals surface area contributed by atoms with Crippen LogP contribution in [0.15, 0.2) is 65.8 Å². The van der Waals surface area contributed by atoms with Crippen LogP contribution < -0.4 is 5.32 Å². The molecule has 1 heterocycles. The van der Waals surface area contributed by atoms with Gasteiger partial charge in [-0.2, -0.15) is 18.3 Å². The molecule has 0 bridgehead atoms. The third kappa shape index (κ3) is 4.36. The summed E-state index contributed by atoms with van der Waals surface area (Å²) in [4.78, 5) is 12.6. The van der Waals surface area contributed by atoms with E-state index in [0.29, 0.717) is 0 Å². The summed E-state index contributed by atoms with van der Waals surface area (Å²) in [7, 11) is -1.09. The first-order chi connectivity index (χ1) is 14.0. The molecule has 1 amide bonds. The average Bonchev–Trinajstić information content (AvgIpc) is 3.21. The van der Waals surface area contributed by atoms with Gasteiger partial charge in [0, 0.05) is 32.1 Å². The second kappa shape index (κ2) is 7.92. The van der Waals surface area contributed by atoms with E-state index in [2.05, 4.69) is 10.4 Å². The Morgan fingerprint density at radius 3 is 2.43 bits per heavy atom. The number of aromatic nitrogens is 2. The molecule has 3 rings (SSSR count). The number of nitrogens with one attached hydrogen (secondary N) is 1. The van der Waals surface area contributed by atoms with Gasteiger partial charge in [-0.25, -0.2) is 17.4 Å². The maximum absolute atomic E-state index is 13.2. The van der Waals surface area contributed by atoms with E-state index in [1.165, 1.54) is 55.4 Å². The van der Waals surface area contributed by atoms with Crippen LogP contribution in [0.4, 0.5) is 18.9 Å². The van der Waals surface area contributed by atoms with Crippen molar-refractivity contribution in [1.82, 2.24) is 14.1 Å². The Hall–Kier alpha value is -3.18. The first kappa shape index (κ1) is 21.5. The predicted molar refractivity (Wildman–Crippen MR) is 104 cm³/mol. The number of halogens is 3. The van der Waals surface area contributed by atoms with Crippen molar-refractivity contribution < 1.29 is 26.4 Å². The van der Waals surface area contributed by atoms with Gasteiger partial charge in [0.15, 0.2) is 0 Å². The summed E-state index contributed by atoms with van der Waals surface area (Å²) in [5.41, 5.74) is -0.878. The topological polar surface area (TPSA) is 84.3 Å². The van der Waals surface area contributed by atoms with E-state index in [4.69, 9.17) is 0 Å². The van der Waals surface area contributed by atoms with Crippen molar-refractivity contribution in [3.8, 4) is 5.69 Å². The molecule has 0 aliphatic heterocycles. The molecule has 0 atom stereocenters. The minimum absolute atomic E-state index is 0.0262. The van der Waals surface area contributed by atoms with Crippen LogP contribution >= 0.6 is 0 Å². The SMILES string of the molecule is CN(C)S(=O)(=O)c1cccc(C(=O)Nc2cc(C(F)(F)F)ccc2-n2cccn2)c1. The van der Waals surface area contributed by atoms with Gasteiger partial charge in [-0.3, -0.25) is 4.79 Å². The number of hydrogen-bond acceptors (Lipinski definition) is 4. The van der Waals surface area contributed by atoms with Crippen LogP contribution in [0.3, 0.4) is 0 Å². The predicted octanol–water partition coefficient (Wildman–Crippen LogP) is 3.39. The second-order valence-corrected chi connectivity index (χ2v) is 8.60. The van der Waals surface area contributed by atoms with E-state index in [0.717, 1.165) is 22.5 Å². The molecule has 3 aromatic rings. The van der Waals surface area contributed by atoms with Crippen molar-refractivity contribution in [1.29, 1.82) is 0 Å². The molecule has 1 aromatic heterocycles. The lowest BCUT2D eigenvalue weighted by Crippen LogP contribution is -2.23. The number of benzene rings is 2. The van der Waals surface area contributed by atoms with Crippen molar-refractivity contribution in [3.63, 3.8) is 0 Å². The van der Waals surface area contributed by atoms with Crippen molar-refractivity contribution in [2.24, 2.45) is 0 Å². The number of alkyl halides is 3. The molecule has 1 N–H and O–H groups in total. The highest BCUT2D eigenvalue weighted by molar-refractivity contribution is 7.89. The van der Waals surface area contributed by atoms with Gasteiger partial charge in [0.1, 0.15) is 0 Å². The van der Waals surface area contributed by atoms with Crippen molar-refractivity contribution in [2.75, 3.05) is 19.4 Å². The van der Waals surface area contributed by atoms with Gasteiger partial charge >= 0.3 is 6.18 Å². The molecule has 0 aliphatic rings. The van der Waals surface area contributed by atoms with Gasteiger partial charge in [-0.1, -0.05) is 6.07 Å². The normalized spacial score (nSPS) is 12.2. The standard InChI is InChI=1S/C19H17F3N4O3S/c1-25(2)30(28,29)15-6-3-5-13(11-15)18(27)24-16-12-14(19(20,21)22)7-8-17(16)26-10-4-9-23-26/h3-12H,1-2H3,(H,24,27). The smallest absolute Gasteiger partial charge is 0.320 e. The highest BCUT2D eigenvalue weighted by Crippen LogP contribution is 2.33. The van der Waals surface area contributed by atoms with E-state index in [1.807, 2.05) is 0 Å². The number of amides is 1. The monoisotopic (exact) mass is 438 g/mol. The van der Waals surface area contributed by atoms with Crippen LogP contribution in [0, 0.1) is 0 Å². The number of nitrogens with zero attached hydrogens (tertiary/aromatic N) is 3. The van der Waals surface area contributed by atoms with Gasteiger partial charge in [0.2, 0.25) is 10.0 Å². The molecule has 0 spiro atoms. The highest BCUT2D eigenvalue weighted by atomic mass is 32.2. The summed E-state index contributed by atoms with van der Waals surface area (Å²) in [6, 6.07) is 9.69. The summed E-state index contributed by atoms with van der Waals surface area (Å²) in [5.74, 6) is -0.765. The van der Waals surface area contributed by atoms with E-state index in [-0.39, 0.29) is 21.8 Å². The van der Waals surface area contributed by atoms with E-state index in [9.17, 15) is 26.4 Å². The molecular formula is C19H17F3N4O3S. The van der Waals surface area contributed by atoms with Gasteiger partial charge in [-0.05, 0) is 42.5 Å². The number of carbonyl (C=O) groups is 1. The van der Waals surface area contributed by atoms with E-state index >= 15 is 0 Å². The van der Waals surface area contributed by atoms with Crippen molar-refractivity contribution in [3.05, 3.63) is 72.1 Å².